The molecule has 0 saturated carbocycles. The lowest BCUT2D eigenvalue weighted by Crippen LogP contribution is -2.35. The van der Waals surface area contributed by atoms with Crippen molar-refractivity contribution in [3.63, 3.8) is 0 Å². The van der Waals surface area contributed by atoms with Gasteiger partial charge in [-0.25, -0.2) is 24.3 Å². The standard InChI is InChI=1S/C13H15FN6/c14-10-6-17-13(18-7-10)20-5-1-2-9(8-20)11-3-4-16-12(15)19-11/h3-4,6-7,9H,1-2,5,8H2,(H2,15,16,19). The summed E-state index contributed by atoms with van der Waals surface area (Å²) in [5.74, 6) is 0.685. The summed E-state index contributed by atoms with van der Waals surface area (Å²) in [5, 5.41) is 0. The Labute approximate surface area is 115 Å². The van der Waals surface area contributed by atoms with Crippen LogP contribution >= 0.6 is 0 Å². The topological polar surface area (TPSA) is 80.8 Å². The van der Waals surface area contributed by atoms with Crippen LogP contribution in [0.2, 0.25) is 0 Å². The summed E-state index contributed by atoms with van der Waals surface area (Å²) in [4.78, 5) is 18.3. The van der Waals surface area contributed by atoms with Crippen LogP contribution in [0.1, 0.15) is 24.5 Å². The maximum Gasteiger partial charge on any atom is 0.225 e. The second-order valence-corrected chi connectivity index (χ2v) is 4.83. The van der Waals surface area contributed by atoms with Crippen molar-refractivity contribution in [1.82, 2.24) is 19.9 Å². The molecule has 1 atom stereocenters. The summed E-state index contributed by atoms with van der Waals surface area (Å²) in [5.41, 5.74) is 6.56. The molecule has 3 heterocycles. The van der Waals surface area contributed by atoms with E-state index in [2.05, 4.69) is 19.9 Å². The number of anilines is 2. The van der Waals surface area contributed by atoms with Crippen LogP contribution in [-0.2, 0) is 0 Å². The van der Waals surface area contributed by atoms with Crippen LogP contribution in [0.15, 0.2) is 24.7 Å². The monoisotopic (exact) mass is 274 g/mol. The molecular weight excluding hydrogens is 259 g/mol. The van der Waals surface area contributed by atoms with Gasteiger partial charge in [0.25, 0.3) is 0 Å². The fourth-order valence-electron chi connectivity index (χ4n) is 2.48. The molecule has 6 nitrogen and oxygen atoms in total. The largest absolute Gasteiger partial charge is 0.368 e. The highest BCUT2D eigenvalue weighted by atomic mass is 19.1. The van der Waals surface area contributed by atoms with Crippen molar-refractivity contribution in [2.45, 2.75) is 18.8 Å². The summed E-state index contributed by atoms with van der Waals surface area (Å²) >= 11 is 0. The van der Waals surface area contributed by atoms with Crippen molar-refractivity contribution < 1.29 is 4.39 Å². The second-order valence-electron chi connectivity index (χ2n) is 4.83. The van der Waals surface area contributed by atoms with Crippen molar-refractivity contribution in [3.05, 3.63) is 36.2 Å². The lowest BCUT2D eigenvalue weighted by atomic mass is 9.95. The van der Waals surface area contributed by atoms with Gasteiger partial charge in [-0.05, 0) is 18.9 Å². The van der Waals surface area contributed by atoms with Gasteiger partial charge in [0.15, 0.2) is 5.82 Å². The molecule has 2 N–H and O–H groups in total. The zero-order chi connectivity index (χ0) is 13.9. The Morgan fingerprint density at radius 3 is 2.80 bits per heavy atom. The van der Waals surface area contributed by atoms with Gasteiger partial charge in [-0.3, -0.25) is 0 Å². The number of hydrogen-bond donors (Lipinski definition) is 1. The van der Waals surface area contributed by atoms with Crippen LogP contribution < -0.4 is 10.6 Å². The molecule has 104 valence electrons. The van der Waals surface area contributed by atoms with E-state index < -0.39 is 5.82 Å². The third kappa shape index (κ3) is 2.66. The number of halogens is 1. The normalized spacial score (nSPS) is 19.1. The van der Waals surface area contributed by atoms with Gasteiger partial charge in [0.1, 0.15) is 0 Å². The van der Waals surface area contributed by atoms with E-state index in [-0.39, 0.29) is 11.9 Å². The highest BCUT2D eigenvalue weighted by Gasteiger charge is 2.24. The van der Waals surface area contributed by atoms with Gasteiger partial charge >= 0.3 is 0 Å². The lowest BCUT2D eigenvalue weighted by molar-refractivity contribution is 0.493. The third-order valence-corrected chi connectivity index (χ3v) is 3.42. The predicted octanol–water partition coefficient (Wildman–Crippen LogP) is 1.37. The zero-order valence-corrected chi connectivity index (χ0v) is 10.9. The minimum Gasteiger partial charge on any atom is -0.368 e. The zero-order valence-electron chi connectivity index (χ0n) is 10.9. The first-order chi connectivity index (χ1) is 9.72. The van der Waals surface area contributed by atoms with Crippen molar-refractivity contribution in [3.8, 4) is 0 Å². The number of nitrogens with two attached hydrogens (primary N) is 1. The Morgan fingerprint density at radius 1 is 1.25 bits per heavy atom. The first kappa shape index (κ1) is 12.7. The SMILES string of the molecule is Nc1nccc(C2CCCN(c3ncc(F)cn3)C2)n1. The number of aromatic nitrogens is 4. The van der Waals surface area contributed by atoms with Gasteiger partial charge < -0.3 is 10.6 Å². The number of rotatable bonds is 2. The maximum atomic E-state index is 12.9. The summed E-state index contributed by atoms with van der Waals surface area (Å²) in [6, 6.07) is 1.88. The smallest absolute Gasteiger partial charge is 0.225 e. The first-order valence-corrected chi connectivity index (χ1v) is 6.53. The fraction of sp³-hybridized carbons (Fsp3) is 0.385. The van der Waals surface area contributed by atoms with E-state index in [1.54, 1.807) is 6.20 Å². The quantitative estimate of drug-likeness (QED) is 0.890. The molecule has 20 heavy (non-hydrogen) atoms. The molecule has 2 aromatic heterocycles. The fourth-order valence-corrected chi connectivity index (χ4v) is 2.48. The molecule has 0 spiro atoms. The van der Waals surface area contributed by atoms with Gasteiger partial charge in [-0.1, -0.05) is 0 Å². The first-order valence-electron chi connectivity index (χ1n) is 6.53. The highest BCUT2D eigenvalue weighted by molar-refractivity contribution is 5.32. The molecule has 0 aliphatic carbocycles. The maximum absolute atomic E-state index is 12.9. The van der Waals surface area contributed by atoms with Crippen molar-refractivity contribution >= 4 is 11.9 Å². The average molecular weight is 274 g/mol. The Kier molecular flexibility index (Phi) is 3.41. The molecule has 1 fully saturated rings. The Hall–Kier alpha value is -2.31. The van der Waals surface area contributed by atoms with E-state index >= 15 is 0 Å². The summed E-state index contributed by atoms with van der Waals surface area (Å²) in [6.07, 6.45) is 6.09. The van der Waals surface area contributed by atoms with E-state index in [9.17, 15) is 4.39 Å². The Balaban J connectivity index is 1.78. The van der Waals surface area contributed by atoms with Crippen LogP contribution in [0, 0.1) is 5.82 Å². The van der Waals surface area contributed by atoms with Crippen LogP contribution in [0.4, 0.5) is 16.3 Å². The Bertz CT molecular complexity index is 588. The molecule has 1 unspecified atom stereocenters. The molecule has 0 bridgehead atoms. The van der Waals surface area contributed by atoms with Gasteiger partial charge in [0.05, 0.1) is 18.1 Å². The molecule has 1 saturated heterocycles. The number of nitrogen functional groups attached to an aromatic ring is 1. The van der Waals surface area contributed by atoms with Crippen molar-refractivity contribution in [1.29, 1.82) is 0 Å². The number of hydrogen-bond acceptors (Lipinski definition) is 6. The molecule has 1 aliphatic heterocycles. The van der Waals surface area contributed by atoms with Crippen LogP contribution in [0.5, 0.6) is 0 Å². The minimum atomic E-state index is -0.425. The molecule has 7 heteroatoms. The van der Waals surface area contributed by atoms with Gasteiger partial charge in [-0.15, -0.1) is 0 Å². The van der Waals surface area contributed by atoms with E-state index in [1.807, 2.05) is 11.0 Å². The van der Waals surface area contributed by atoms with Crippen LogP contribution in [-0.4, -0.2) is 33.0 Å². The van der Waals surface area contributed by atoms with Crippen molar-refractivity contribution in [2.75, 3.05) is 23.7 Å². The van der Waals surface area contributed by atoms with Crippen molar-refractivity contribution in [2.24, 2.45) is 0 Å². The van der Waals surface area contributed by atoms with Crippen LogP contribution in [0.25, 0.3) is 0 Å². The van der Waals surface area contributed by atoms with Gasteiger partial charge in [0, 0.05) is 25.2 Å². The van der Waals surface area contributed by atoms with E-state index in [1.165, 1.54) is 12.4 Å². The van der Waals surface area contributed by atoms with E-state index in [4.69, 9.17) is 5.73 Å². The summed E-state index contributed by atoms with van der Waals surface area (Å²) in [7, 11) is 0. The molecule has 0 aromatic carbocycles. The highest BCUT2D eigenvalue weighted by Crippen LogP contribution is 2.27. The molecule has 0 radical (unpaired) electrons. The summed E-state index contributed by atoms with van der Waals surface area (Å²) in [6.45, 7) is 1.62. The predicted molar refractivity (Wildman–Crippen MR) is 72.6 cm³/mol. The number of nitrogens with zero attached hydrogens (tertiary/aromatic N) is 5. The molecule has 0 amide bonds. The minimum absolute atomic E-state index is 0.266. The van der Waals surface area contributed by atoms with Gasteiger partial charge in [0.2, 0.25) is 11.9 Å². The molecule has 2 aromatic rings. The second kappa shape index (κ2) is 5.36. The molecule has 1 aliphatic rings. The number of piperidine rings is 1. The van der Waals surface area contributed by atoms with Crippen LogP contribution in [0.3, 0.4) is 0 Å². The van der Waals surface area contributed by atoms with Gasteiger partial charge in [-0.2, -0.15) is 0 Å². The Morgan fingerprint density at radius 2 is 2.05 bits per heavy atom. The lowest BCUT2D eigenvalue weighted by Gasteiger charge is -2.32. The molecular formula is C13H15FN6. The summed E-state index contributed by atoms with van der Waals surface area (Å²) < 4.78 is 12.9. The average Bonchev–Trinajstić information content (AvgIpc) is 2.48. The molecule has 3 rings (SSSR count). The van der Waals surface area contributed by atoms with E-state index in [0.717, 1.165) is 31.6 Å². The third-order valence-electron chi connectivity index (χ3n) is 3.42. The van der Waals surface area contributed by atoms with E-state index in [0.29, 0.717) is 5.95 Å².